The van der Waals surface area contributed by atoms with E-state index in [1.807, 2.05) is 54.7 Å². The zero-order valence-corrected chi connectivity index (χ0v) is 15.3. The second-order valence-electron chi connectivity index (χ2n) is 5.91. The van der Waals surface area contributed by atoms with Crippen LogP contribution in [-0.4, -0.2) is 27.1 Å². The maximum Gasteiger partial charge on any atom is 0.224 e. The molecular weight excluding hydrogens is 347 g/mol. The summed E-state index contributed by atoms with van der Waals surface area (Å²) in [7, 11) is 1.90. The molecule has 0 radical (unpaired) electrons. The summed E-state index contributed by atoms with van der Waals surface area (Å²) in [5.74, 6) is 0.128. The number of likely N-dealkylation sites (tertiary alicyclic amines) is 1. The van der Waals surface area contributed by atoms with Crippen LogP contribution in [0.2, 0.25) is 0 Å². The Morgan fingerprint density at radius 1 is 1.33 bits per heavy atom. The molecule has 132 valence electrons. The van der Waals surface area contributed by atoms with Crippen LogP contribution in [-0.2, 0) is 11.8 Å². The zero-order valence-electron chi connectivity index (χ0n) is 13.7. The van der Waals surface area contributed by atoms with Gasteiger partial charge >= 0.3 is 0 Å². The van der Waals surface area contributed by atoms with Crippen molar-refractivity contribution in [3.63, 3.8) is 0 Å². The molecule has 1 aliphatic rings. The molecule has 1 saturated heterocycles. The average molecular weight is 371 g/mol. The fourth-order valence-corrected chi connectivity index (χ4v) is 3.15. The minimum absolute atomic E-state index is 0. The molecule has 1 aliphatic heterocycles. The molecule has 1 amide bonds. The normalized spacial score (nSPS) is 17.8. The van der Waals surface area contributed by atoms with Crippen LogP contribution >= 0.6 is 24.8 Å². The Kier molecular flexibility index (Phi) is 7.73. The highest BCUT2D eigenvalue weighted by Gasteiger charge is 2.31. The molecule has 1 aromatic carbocycles. The minimum atomic E-state index is -0.246. The number of nitrogens with zero attached hydrogens (tertiary/aromatic N) is 3. The minimum Gasteiger partial charge on any atom is -0.335 e. The van der Waals surface area contributed by atoms with E-state index >= 15 is 0 Å². The summed E-state index contributed by atoms with van der Waals surface area (Å²) >= 11 is 0. The summed E-state index contributed by atoms with van der Waals surface area (Å²) in [5.41, 5.74) is 8.31. The highest BCUT2D eigenvalue weighted by atomic mass is 35.5. The van der Waals surface area contributed by atoms with Gasteiger partial charge in [-0.15, -0.1) is 24.8 Å². The maximum atomic E-state index is 12.6. The monoisotopic (exact) mass is 370 g/mol. The van der Waals surface area contributed by atoms with Gasteiger partial charge in [0.05, 0.1) is 12.2 Å². The molecular formula is C17H24Cl2N4O. The number of carbonyl (C=O) groups excluding carboxylic acids is 1. The van der Waals surface area contributed by atoms with Crippen molar-refractivity contribution in [2.45, 2.75) is 31.3 Å². The summed E-state index contributed by atoms with van der Waals surface area (Å²) in [6, 6.07) is 9.70. The van der Waals surface area contributed by atoms with E-state index in [9.17, 15) is 4.79 Å². The maximum absolute atomic E-state index is 12.6. The predicted molar refractivity (Wildman–Crippen MR) is 99.4 cm³/mol. The number of aryl methyl sites for hydroxylation is 1. The number of nitrogens with two attached hydrogens (primary N) is 1. The van der Waals surface area contributed by atoms with Crippen molar-refractivity contribution in [2.24, 2.45) is 12.8 Å². The number of aromatic nitrogens is 2. The van der Waals surface area contributed by atoms with E-state index in [1.54, 1.807) is 4.68 Å². The van der Waals surface area contributed by atoms with Gasteiger partial charge in [0, 0.05) is 37.8 Å². The van der Waals surface area contributed by atoms with Gasteiger partial charge in [0.25, 0.3) is 0 Å². The highest BCUT2D eigenvalue weighted by Crippen LogP contribution is 2.32. The highest BCUT2D eigenvalue weighted by molar-refractivity contribution is 5.85. The molecule has 1 fully saturated rings. The molecule has 1 aromatic heterocycles. The van der Waals surface area contributed by atoms with E-state index in [0.29, 0.717) is 6.42 Å². The zero-order chi connectivity index (χ0) is 15.5. The van der Waals surface area contributed by atoms with E-state index in [1.165, 1.54) is 0 Å². The Labute approximate surface area is 155 Å². The van der Waals surface area contributed by atoms with E-state index in [4.69, 9.17) is 5.73 Å². The first-order valence-electron chi connectivity index (χ1n) is 7.73. The number of amides is 1. The molecule has 24 heavy (non-hydrogen) atoms. The van der Waals surface area contributed by atoms with Crippen LogP contribution in [0.3, 0.4) is 0 Å². The third-order valence-electron chi connectivity index (χ3n) is 4.31. The van der Waals surface area contributed by atoms with E-state index < -0.39 is 0 Å². The first-order valence-corrected chi connectivity index (χ1v) is 7.73. The van der Waals surface area contributed by atoms with E-state index in [2.05, 4.69) is 5.10 Å². The summed E-state index contributed by atoms with van der Waals surface area (Å²) < 4.78 is 1.78. The van der Waals surface area contributed by atoms with Gasteiger partial charge in [-0.3, -0.25) is 9.48 Å². The fraction of sp³-hybridized carbons (Fsp3) is 0.412. The topological polar surface area (TPSA) is 64.2 Å². The molecule has 2 aromatic rings. The predicted octanol–water partition coefficient (Wildman–Crippen LogP) is 3.02. The molecule has 0 aliphatic carbocycles. The molecule has 0 bridgehead atoms. The smallest absolute Gasteiger partial charge is 0.224 e. The first-order chi connectivity index (χ1) is 10.6. The van der Waals surface area contributed by atoms with Gasteiger partial charge in [0.15, 0.2) is 0 Å². The van der Waals surface area contributed by atoms with Crippen molar-refractivity contribution in [2.75, 3.05) is 6.54 Å². The molecule has 0 spiro atoms. The standard InChI is InChI=1S/C17H22N4O.2ClH/c1-20-12-14(11-19-20)16-8-5-9-21(16)17(22)10-15(18)13-6-3-2-4-7-13;;/h2-4,6-7,11-12,15-16H,5,8-10,18H2,1H3;2*1H. The van der Waals surface area contributed by atoms with E-state index in [-0.39, 0.29) is 42.8 Å². The number of hydrogen-bond donors (Lipinski definition) is 1. The summed E-state index contributed by atoms with van der Waals surface area (Å²) in [6.07, 6.45) is 6.23. The van der Waals surface area contributed by atoms with Gasteiger partial charge in [-0.2, -0.15) is 5.10 Å². The fourth-order valence-electron chi connectivity index (χ4n) is 3.15. The van der Waals surface area contributed by atoms with Crippen molar-refractivity contribution in [1.82, 2.24) is 14.7 Å². The number of rotatable bonds is 4. The van der Waals surface area contributed by atoms with Crippen LogP contribution in [0.5, 0.6) is 0 Å². The second-order valence-corrected chi connectivity index (χ2v) is 5.91. The van der Waals surface area contributed by atoms with Crippen molar-refractivity contribution in [1.29, 1.82) is 0 Å². The molecule has 7 heteroatoms. The van der Waals surface area contributed by atoms with Gasteiger partial charge in [-0.25, -0.2) is 0 Å². The van der Waals surface area contributed by atoms with Crippen molar-refractivity contribution >= 4 is 30.7 Å². The van der Waals surface area contributed by atoms with Crippen molar-refractivity contribution in [3.8, 4) is 0 Å². The van der Waals surface area contributed by atoms with Gasteiger partial charge in [-0.05, 0) is 18.4 Å². The molecule has 3 rings (SSSR count). The van der Waals surface area contributed by atoms with Crippen LogP contribution < -0.4 is 5.73 Å². The molecule has 2 heterocycles. The molecule has 5 nitrogen and oxygen atoms in total. The molecule has 2 unspecified atom stereocenters. The van der Waals surface area contributed by atoms with Crippen LogP contribution in [0.1, 0.15) is 42.5 Å². The lowest BCUT2D eigenvalue weighted by Gasteiger charge is -2.25. The molecule has 0 saturated carbocycles. The summed E-state index contributed by atoms with van der Waals surface area (Å²) in [4.78, 5) is 14.6. The van der Waals surface area contributed by atoms with Crippen LogP contribution in [0.25, 0.3) is 0 Å². The lowest BCUT2D eigenvalue weighted by Crippen LogP contribution is -2.32. The number of benzene rings is 1. The van der Waals surface area contributed by atoms with Crippen LogP contribution in [0, 0.1) is 0 Å². The second kappa shape index (κ2) is 9.06. The molecule has 2 atom stereocenters. The largest absolute Gasteiger partial charge is 0.335 e. The Hall–Kier alpha value is -1.56. The van der Waals surface area contributed by atoms with Gasteiger partial charge in [0.2, 0.25) is 5.91 Å². The summed E-state index contributed by atoms with van der Waals surface area (Å²) in [5, 5.41) is 4.22. The van der Waals surface area contributed by atoms with Gasteiger partial charge in [-0.1, -0.05) is 30.3 Å². The molecule has 2 N–H and O–H groups in total. The van der Waals surface area contributed by atoms with Crippen LogP contribution in [0.4, 0.5) is 0 Å². The number of carbonyl (C=O) groups is 1. The third kappa shape index (κ3) is 4.50. The Morgan fingerprint density at radius 2 is 2.04 bits per heavy atom. The van der Waals surface area contributed by atoms with Gasteiger partial charge < -0.3 is 10.6 Å². The summed E-state index contributed by atoms with van der Waals surface area (Å²) in [6.45, 7) is 0.805. The van der Waals surface area contributed by atoms with Crippen molar-refractivity contribution in [3.05, 3.63) is 53.9 Å². The van der Waals surface area contributed by atoms with Crippen LogP contribution in [0.15, 0.2) is 42.7 Å². The SMILES string of the molecule is Cl.Cl.Cn1cc(C2CCCN2C(=O)CC(N)c2ccccc2)cn1. The number of halogens is 2. The Bertz CT molecular complexity index is 647. The Balaban J connectivity index is 0.00000144. The quantitative estimate of drug-likeness (QED) is 0.899. The lowest BCUT2D eigenvalue weighted by molar-refractivity contribution is -0.132. The van der Waals surface area contributed by atoms with E-state index in [0.717, 1.165) is 30.5 Å². The average Bonchev–Trinajstić information content (AvgIpc) is 3.16. The number of hydrogen-bond acceptors (Lipinski definition) is 3. The Morgan fingerprint density at radius 3 is 2.67 bits per heavy atom. The first kappa shape index (κ1) is 20.5. The third-order valence-corrected chi connectivity index (χ3v) is 4.31. The lowest BCUT2D eigenvalue weighted by atomic mass is 10.0. The van der Waals surface area contributed by atoms with Crippen molar-refractivity contribution < 1.29 is 4.79 Å². The van der Waals surface area contributed by atoms with Gasteiger partial charge in [0.1, 0.15) is 0 Å².